The van der Waals surface area contributed by atoms with Gasteiger partial charge in [-0.3, -0.25) is 4.72 Å². The minimum absolute atomic E-state index is 0.0437. The Kier molecular flexibility index (Phi) is 7.59. The first-order valence-electron chi connectivity index (χ1n) is 13.0. The van der Waals surface area contributed by atoms with Crippen molar-refractivity contribution in [2.24, 2.45) is 17.8 Å². The van der Waals surface area contributed by atoms with Crippen LogP contribution in [0, 0.1) is 17.8 Å². The van der Waals surface area contributed by atoms with Crippen LogP contribution in [-0.4, -0.2) is 104 Å². The van der Waals surface area contributed by atoms with Crippen molar-refractivity contribution in [1.29, 1.82) is 0 Å². The predicted molar refractivity (Wildman–Crippen MR) is 143 cm³/mol. The number of fused-ring (bicyclic) bond motifs is 1. The molecule has 10 nitrogen and oxygen atoms in total. The summed E-state index contributed by atoms with van der Waals surface area (Å²) in [5.74, 6) is 1.79. The molecule has 0 bridgehead atoms. The summed E-state index contributed by atoms with van der Waals surface area (Å²) in [6, 6.07) is 1.66. The van der Waals surface area contributed by atoms with E-state index in [1.807, 2.05) is 4.90 Å². The quantitative estimate of drug-likeness (QED) is 0.579. The van der Waals surface area contributed by atoms with Crippen LogP contribution < -0.4 is 4.72 Å². The number of sulfonamides is 1. The third-order valence-corrected chi connectivity index (χ3v) is 9.11. The molecule has 3 unspecified atom stereocenters. The van der Waals surface area contributed by atoms with Gasteiger partial charge in [-0.05, 0) is 45.2 Å². The number of anilines is 1. The van der Waals surface area contributed by atoms with E-state index < -0.39 is 10.0 Å². The summed E-state index contributed by atoms with van der Waals surface area (Å²) in [4.78, 5) is 19.8. The third-order valence-electron chi connectivity index (χ3n) is 8.18. The lowest BCUT2D eigenvalue weighted by molar-refractivity contribution is 0.0953. The minimum atomic E-state index is -3.45. The molecule has 3 fully saturated rings. The van der Waals surface area contributed by atoms with E-state index in [1.54, 1.807) is 0 Å². The molecular formula is C25H37ClN6O4S. The van der Waals surface area contributed by atoms with E-state index in [4.69, 9.17) is 16.3 Å². The smallest absolute Gasteiger partial charge is 0.344 e. The number of ether oxygens (including phenoxy) is 1. The van der Waals surface area contributed by atoms with E-state index in [-0.39, 0.29) is 17.9 Å². The van der Waals surface area contributed by atoms with Crippen molar-refractivity contribution in [2.75, 3.05) is 57.4 Å². The molecule has 5 atom stereocenters. The Balaban J connectivity index is 1.14. The molecule has 1 aliphatic carbocycles. The fraction of sp³-hybridized carbons (Fsp3) is 0.680. The molecule has 3 aliphatic heterocycles. The second-order valence-electron chi connectivity index (χ2n) is 11.0. The molecule has 5 rings (SSSR count). The molecule has 0 radical (unpaired) electrons. The Morgan fingerprint density at radius 3 is 2.70 bits per heavy atom. The minimum Gasteiger partial charge on any atom is -0.381 e. The number of allylic oxidation sites excluding steroid dienone is 3. The second-order valence-corrected chi connectivity index (χ2v) is 13.2. The molecule has 1 amide bonds. The summed E-state index contributed by atoms with van der Waals surface area (Å²) in [6.07, 6.45) is 9.56. The molecule has 37 heavy (non-hydrogen) atoms. The summed E-state index contributed by atoms with van der Waals surface area (Å²) in [7, 11) is -1.27. The largest absolute Gasteiger partial charge is 0.381 e. The van der Waals surface area contributed by atoms with E-state index in [1.165, 1.54) is 22.6 Å². The van der Waals surface area contributed by atoms with Gasteiger partial charge in [0.15, 0.2) is 5.82 Å². The van der Waals surface area contributed by atoms with Gasteiger partial charge in [-0.15, -0.1) is 5.10 Å². The Morgan fingerprint density at radius 1 is 1.30 bits per heavy atom. The molecule has 3 saturated heterocycles. The van der Waals surface area contributed by atoms with Crippen LogP contribution in [0.3, 0.4) is 0 Å². The van der Waals surface area contributed by atoms with Crippen molar-refractivity contribution in [3.63, 3.8) is 0 Å². The van der Waals surface area contributed by atoms with Gasteiger partial charge in [-0.1, -0.05) is 17.7 Å². The number of piperidine rings is 1. The van der Waals surface area contributed by atoms with Crippen molar-refractivity contribution < 1.29 is 17.9 Å². The summed E-state index contributed by atoms with van der Waals surface area (Å²) in [6.45, 7) is 7.45. The first-order valence-corrected chi connectivity index (χ1v) is 15.3. The van der Waals surface area contributed by atoms with Gasteiger partial charge in [0.05, 0.1) is 24.5 Å². The van der Waals surface area contributed by atoms with Crippen molar-refractivity contribution in [2.45, 2.75) is 38.3 Å². The number of aromatic nitrogens is 2. The van der Waals surface area contributed by atoms with E-state index in [9.17, 15) is 13.2 Å². The van der Waals surface area contributed by atoms with Crippen LogP contribution in [0.1, 0.15) is 26.2 Å². The van der Waals surface area contributed by atoms with Crippen LogP contribution in [0.2, 0.25) is 0 Å². The lowest BCUT2D eigenvalue weighted by atomic mass is 9.93. The highest BCUT2D eigenvalue weighted by atomic mass is 35.5. The summed E-state index contributed by atoms with van der Waals surface area (Å²) >= 11 is 6.65. The highest BCUT2D eigenvalue weighted by Crippen LogP contribution is 2.37. The molecule has 204 valence electrons. The summed E-state index contributed by atoms with van der Waals surface area (Å²) < 4.78 is 32.0. The predicted octanol–water partition coefficient (Wildman–Crippen LogP) is 2.61. The van der Waals surface area contributed by atoms with Crippen molar-refractivity contribution >= 4 is 33.5 Å². The van der Waals surface area contributed by atoms with E-state index in [2.05, 4.69) is 45.7 Å². The number of rotatable bonds is 6. The van der Waals surface area contributed by atoms with Gasteiger partial charge in [0.25, 0.3) is 0 Å². The first-order chi connectivity index (χ1) is 17.6. The Morgan fingerprint density at radius 2 is 2.03 bits per heavy atom. The standard InChI is InChI=1S/C25H37ClN6O4S/c1-17-10-21(6-8-31(17)25(33)32-9-7-24(27-32)28-37(3,34)35)29(2)12-18-4-5-22(26)23(11-18)30-13-19-15-36-16-20(19)14-30/h4-5,7,9,17-21H,6,8,10-16H2,1-3H3,(H,27,28)/t17-,18?,19?,20?,21-/m1/s1. The molecule has 0 saturated carbocycles. The second kappa shape index (κ2) is 10.6. The number of amides is 1. The lowest BCUT2D eigenvalue weighted by Crippen LogP contribution is -2.52. The van der Waals surface area contributed by atoms with E-state index in [0.717, 1.165) is 63.4 Å². The number of hydrogen-bond acceptors (Lipinski definition) is 7. The number of carbonyl (C=O) groups is 1. The molecule has 12 heteroatoms. The van der Waals surface area contributed by atoms with Gasteiger partial charge in [0, 0.05) is 68.1 Å². The molecule has 4 aliphatic rings. The Hall–Kier alpha value is -2.08. The van der Waals surface area contributed by atoms with Crippen LogP contribution in [0.15, 0.2) is 35.1 Å². The van der Waals surface area contributed by atoms with Gasteiger partial charge in [-0.25, -0.2) is 13.2 Å². The zero-order chi connectivity index (χ0) is 26.3. The fourth-order valence-electron chi connectivity index (χ4n) is 6.20. The topological polar surface area (TPSA) is 100 Å². The number of nitrogens with one attached hydrogen (secondary N) is 1. The zero-order valence-electron chi connectivity index (χ0n) is 21.7. The molecule has 1 aromatic heterocycles. The Labute approximate surface area is 224 Å². The average molecular weight is 553 g/mol. The van der Waals surface area contributed by atoms with Crippen LogP contribution in [0.5, 0.6) is 0 Å². The maximum Gasteiger partial charge on any atom is 0.344 e. The Bertz CT molecular complexity index is 1170. The van der Waals surface area contributed by atoms with Gasteiger partial charge >= 0.3 is 6.03 Å². The van der Waals surface area contributed by atoms with Crippen molar-refractivity contribution in [3.8, 4) is 0 Å². The van der Waals surface area contributed by atoms with Gasteiger partial charge in [0.2, 0.25) is 10.0 Å². The van der Waals surface area contributed by atoms with Gasteiger partial charge < -0.3 is 19.4 Å². The van der Waals surface area contributed by atoms with Crippen LogP contribution in [0.4, 0.5) is 10.6 Å². The number of likely N-dealkylation sites (tertiary alicyclic amines) is 2. The summed E-state index contributed by atoms with van der Waals surface area (Å²) in [5, 5.41) is 4.96. The normalized spacial score (nSPS) is 30.4. The molecule has 0 spiro atoms. The molecule has 4 heterocycles. The third kappa shape index (κ3) is 6.00. The zero-order valence-corrected chi connectivity index (χ0v) is 23.3. The van der Waals surface area contributed by atoms with Gasteiger partial charge in [-0.2, -0.15) is 4.68 Å². The van der Waals surface area contributed by atoms with Crippen molar-refractivity contribution in [3.05, 3.63) is 35.1 Å². The number of hydrogen-bond donors (Lipinski definition) is 1. The number of halogens is 1. The molecule has 0 aromatic carbocycles. The maximum absolute atomic E-state index is 13.0. The van der Waals surface area contributed by atoms with Crippen LogP contribution in [-0.2, 0) is 14.8 Å². The van der Waals surface area contributed by atoms with E-state index >= 15 is 0 Å². The monoisotopic (exact) mass is 552 g/mol. The molecule has 1 N–H and O–H groups in total. The first kappa shape index (κ1) is 26.5. The lowest BCUT2D eigenvalue weighted by Gasteiger charge is -2.42. The fourth-order valence-corrected chi connectivity index (χ4v) is 6.96. The number of nitrogens with zero attached hydrogens (tertiary/aromatic N) is 5. The average Bonchev–Trinajstić information content (AvgIpc) is 3.55. The van der Waals surface area contributed by atoms with Crippen molar-refractivity contribution in [1.82, 2.24) is 24.5 Å². The highest BCUT2D eigenvalue weighted by Gasteiger charge is 2.39. The van der Waals surface area contributed by atoms with E-state index in [0.29, 0.717) is 30.3 Å². The maximum atomic E-state index is 13.0. The van der Waals surface area contributed by atoms with Crippen LogP contribution in [0.25, 0.3) is 0 Å². The summed E-state index contributed by atoms with van der Waals surface area (Å²) in [5.41, 5.74) is 1.27. The highest BCUT2D eigenvalue weighted by molar-refractivity contribution is 7.92. The van der Waals surface area contributed by atoms with Gasteiger partial charge in [0.1, 0.15) is 0 Å². The SMILES string of the molecule is C[C@@H]1C[C@H](N(C)CC2C=CC(Cl)=C(N3CC4COCC4C3)C2)CCN1C(=O)n1ccc(NS(C)(=O)=O)n1. The molecular weight excluding hydrogens is 516 g/mol. The molecule has 1 aromatic rings. The number of carbonyl (C=O) groups excluding carboxylic acids is 1. The van der Waals surface area contributed by atoms with Crippen LogP contribution >= 0.6 is 11.6 Å².